The number of piperidine rings is 1. The number of halogens is 1. The van der Waals surface area contributed by atoms with Gasteiger partial charge in [-0.3, -0.25) is 4.90 Å². The van der Waals surface area contributed by atoms with E-state index < -0.39 is 0 Å². The molecule has 122 valence electrons. The third-order valence-electron chi connectivity index (χ3n) is 4.86. The Morgan fingerprint density at radius 1 is 1.27 bits per heavy atom. The van der Waals surface area contributed by atoms with Crippen LogP contribution in [0.1, 0.15) is 18.4 Å². The van der Waals surface area contributed by atoms with E-state index in [-0.39, 0.29) is 12.0 Å². The summed E-state index contributed by atoms with van der Waals surface area (Å²) in [6, 6.07) is 8.63. The molecular weight excluding hydrogens is 300 g/mol. The van der Waals surface area contributed by atoms with Crippen molar-refractivity contribution in [1.29, 1.82) is 0 Å². The van der Waals surface area contributed by atoms with Crippen molar-refractivity contribution in [2.75, 3.05) is 39.5 Å². The molecule has 0 spiro atoms. The monoisotopic (exact) mass is 324 g/mol. The van der Waals surface area contributed by atoms with E-state index in [1.54, 1.807) is 0 Å². The molecule has 2 aliphatic rings. The van der Waals surface area contributed by atoms with Gasteiger partial charge in [0.25, 0.3) is 0 Å². The van der Waals surface area contributed by atoms with Crippen molar-refractivity contribution in [3.8, 4) is 0 Å². The SMILES string of the molecule is OCC1(CNC2CCN(Cc3ccccc3Cl)CC2)COC1. The van der Waals surface area contributed by atoms with Gasteiger partial charge >= 0.3 is 0 Å². The van der Waals surface area contributed by atoms with E-state index in [4.69, 9.17) is 16.3 Å². The third kappa shape index (κ3) is 3.81. The zero-order chi connectivity index (χ0) is 15.4. The number of likely N-dealkylation sites (tertiary alicyclic amines) is 1. The molecule has 22 heavy (non-hydrogen) atoms. The van der Waals surface area contributed by atoms with Crippen molar-refractivity contribution in [3.63, 3.8) is 0 Å². The van der Waals surface area contributed by atoms with Crippen LogP contribution in [0.4, 0.5) is 0 Å². The average molecular weight is 325 g/mol. The Morgan fingerprint density at radius 2 is 2.00 bits per heavy atom. The molecule has 0 aliphatic carbocycles. The summed E-state index contributed by atoms with van der Waals surface area (Å²) in [6.45, 7) is 5.55. The lowest BCUT2D eigenvalue weighted by atomic mass is 9.86. The molecule has 2 fully saturated rings. The van der Waals surface area contributed by atoms with Gasteiger partial charge in [-0.15, -0.1) is 0 Å². The third-order valence-corrected chi connectivity index (χ3v) is 5.23. The number of ether oxygens (including phenoxy) is 1. The minimum absolute atomic E-state index is 0.0330. The number of hydrogen-bond donors (Lipinski definition) is 2. The van der Waals surface area contributed by atoms with Crippen LogP contribution in [0, 0.1) is 5.41 Å². The lowest BCUT2D eigenvalue weighted by molar-refractivity contribution is -0.135. The number of benzene rings is 1. The highest BCUT2D eigenvalue weighted by atomic mass is 35.5. The van der Waals surface area contributed by atoms with Crippen molar-refractivity contribution < 1.29 is 9.84 Å². The molecule has 2 saturated heterocycles. The van der Waals surface area contributed by atoms with Crippen molar-refractivity contribution >= 4 is 11.6 Å². The fraction of sp³-hybridized carbons (Fsp3) is 0.647. The lowest BCUT2D eigenvalue weighted by Crippen LogP contribution is -2.55. The topological polar surface area (TPSA) is 44.7 Å². The molecule has 0 atom stereocenters. The van der Waals surface area contributed by atoms with E-state index in [1.165, 1.54) is 5.56 Å². The summed E-state index contributed by atoms with van der Waals surface area (Å²) >= 11 is 6.24. The highest BCUT2D eigenvalue weighted by molar-refractivity contribution is 6.31. The van der Waals surface area contributed by atoms with Gasteiger partial charge in [-0.25, -0.2) is 0 Å². The maximum atomic E-state index is 9.46. The van der Waals surface area contributed by atoms with Crippen LogP contribution < -0.4 is 5.32 Å². The van der Waals surface area contributed by atoms with Gasteiger partial charge in [0.05, 0.1) is 25.2 Å². The first-order valence-electron chi connectivity index (χ1n) is 8.09. The Balaban J connectivity index is 1.42. The first-order valence-corrected chi connectivity index (χ1v) is 8.46. The van der Waals surface area contributed by atoms with Crippen LogP contribution in [0.25, 0.3) is 0 Å². The van der Waals surface area contributed by atoms with Crippen LogP contribution in [0.3, 0.4) is 0 Å². The van der Waals surface area contributed by atoms with E-state index in [1.807, 2.05) is 18.2 Å². The highest BCUT2D eigenvalue weighted by Gasteiger charge is 2.38. The Labute approximate surface area is 137 Å². The fourth-order valence-corrected chi connectivity index (χ4v) is 3.36. The van der Waals surface area contributed by atoms with Crippen molar-refractivity contribution in [1.82, 2.24) is 10.2 Å². The second-order valence-electron chi connectivity index (χ2n) is 6.67. The molecule has 1 aromatic carbocycles. The van der Waals surface area contributed by atoms with Gasteiger partial charge in [-0.05, 0) is 37.6 Å². The zero-order valence-electron chi connectivity index (χ0n) is 12.9. The maximum absolute atomic E-state index is 9.46. The molecule has 5 heteroatoms. The van der Waals surface area contributed by atoms with Crippen LogP contribution in [-0.2, 0) is 11.3 Å². The Morgan fingerprint density at radius 3 is 2.59 bits per heavy atom. The molecule has 2 aliphatic heterocycles. The average Bonchev–Trinajstić information content (AvgIpc) is 2.50. The Bertz CT molecular complexity index is 480. The molecule has 1 aromatic rings. The zero-order valence-corrected chi connectivity index (χ0v) is 13.7. The Kier molecular flexibility index (Phi) is 5.37. The highest BCUT2D eigenvalue weighted by Crippen LogP contribution is 2.26. The fourth-order valence-electron chi connectivity index (χ4n) is 3.16. The summed E-state index contributed by atoms with van der Waals surface area (Å²) in [7, 11) is 0. The predicted molar refractivity (Wildman–Crippen MR) is 88.1 cm³/mol. The molecule has 0 aromatic heterocycles. The molecule has 4 nitrogen and oxygen atoms in total. The van der Waals surface area contributed by atoms with Crippen LogP contribution >= 0.6 is 11.6 Å². The van der Waals surface area contributed by atoms with E-state index in [0.29, 0.717) is 19.3 Å². The quantitative estimate of drug-likeness (QED) is 0.839. The smallest absolute Gasteiger partial charge is 0.0579 e. The van der Waals surface area contributed by atoms with Crippen LogP contribution in [0.5, 0.6) is 0 Å². The van der Waals surface area contributed by atoms with Crippen molar-refractivity contribution in [2.45, 2.75) is 25.4 Å². The minimum atomic E-state index is -0.0330. The molecule has 2 heterocycles. The van der Waals surface area contributed by atoms with E-state index in [2.05, 4.69) is 16.3 Å². The minimum Gasteiger partial charge on any atom is -0.396 e. The maximum Gasteiger partial charge on any atom is 0.0579 e. The molecule has 0 amide bonds. The number of nitrogens with zero attached hydrogens (tertiary/aromatic N) is 1. The summed E-state index contributed by atoms with van der Waals surface area (Å²) in [5, 5.41) is 13.9. The molecule has 3 rings (SSSR count). The van der Waals surface area contributed by atoms with E-state index >= 15 is 0 Å². The summed E-state index contributed by atoms with van der Waals surface area (Å²) < 4.78 is 5.24. The second-order valence-corrected chi connectivity index (χ2v) is 7.08. The predicted octanol–water partition coefficient (Wildman–Crippen LogP) is 1.90. The number of hydrogen-bond acceptors (Lipinski definition) is 4. The van der Waals surface area contributed by atoms with Crippen molar-refractivity contribution in [2.24, 2.45) is 5.41 Å². The van der Waals surface area contributed by atoms with Gasteiger partial charge in [-0.1, -0.05) is 29.8 Å². The summed E-state index contributed by atoms with van der Waals surface area (Å²) in [5.41, 5.74) is 1.18. The number of aliphatic hydroxyl groups excluding tert-OH is 1. The summed E-state index contributed by atoms with van der Waals surface area (Å²) in [6.07, 6.45) is 2.29. The number of rotatable bonds is 6. The summed E-state index contributed by atoms with van der Waals surface area (Å²) in [4.78, 5) is 2.47. The van der Waals surface area contributed by atoms with Crippen LogP contribution in [0.2, 0.25) is 5.02 Å². The summed E-state index contributed by atoms with van der Waals surface area (Å²) in [5.74, 6) is 0. The number of aliphatic hydroxyl groups is 1. The van der Waals surface area contributed by atoms with Crippen LogP contribution in [-0.4, -0.2) is 55.5 Å². The molecular formula is C17H25ClN2O2. The second kappa shape index (κ2) is 7.28. The Hall–Kier alpha value is -0.650. The van der Waals surface area contributed by atoms with E-state index in [9.17, 15) is 5.11 Å². The van der Waals surface area contributed by atoms with Gasteiger partial charge in [0.1, 0.15) is 0 Å². The molecule has 0 unspecified atom stereocenters. The van der Waals surface area contributed by atoms with E-state index in [0.717, 1.165) is 44.0 Å². The molecule has 0 saturated carbocycles. The number of nitrogens with one attached hydrogen (secondary N) is 1. The van der Waals surface area contributed by atoms with Crippen molar-refractivity contribution in [3.05, 3.63) is 34.9 Å². The van der Waals surface area contributed by atoms with Crippen LogP contribution in [0.15, 0.2) is 24.3 Å². The molecule has 0 bridgehead atoms. The molecule has 0 radical (unpaired) electrons. The standard InChI is InChI=1S/C17H25ClN2O2/c18-16-4-2-1-3-14(16)9-20-7-5-15(6-8-20)19-10-17(11-21)12-22-13-17/h1-4,15,19,21H,5-13H2. The van der Waals surface area contributed by atoms with Gasteiger partial charge in [0.15, 0.2) is 0 Å². The lowest BCUT2D eigenvalue weighted by Gasteiger charge is -2.42. The van der Waals surface area contributed by atoms with Gasteiger partial charge in [-0.2, -0.15) is 0 Å². The normalized spacial score (nSPS) is 22.5. The first kappa shape index (κ1) is 16.2. The van der Waals surface area contributed by atoms with Gasteiger partial charge < -0.3 is 15.2 Å². The van der Waals surface area contributed by atoms with Gasteiger partial charge in [0.2, 0.25) is 0 Å². The largest absolute Gasteiger partial charge is 0.396 e. The van der Waals surface area contributed by atoms with Gasteiger partial charge in [0, 0.05) is 24.2 Å². The molecule has 2 N–H and O–H groups in total. The first-order chi connectivity index (χ1) is 10.7.